The van der Waals surface area contributed by atoms with Crippen molar-refractivity contribution in [2.24, 2.45) is 11.7 Å². The van der Waals surface area contributed by atoms with Crippen molar-refractivity contribution < 1.29 is 9.50 Å². The lowest BCUT2D eigenvalue weighted by molar-refractivity contribution is 0.142. The van der Waals surface area contributed by atoms with Crippen LogP contribution in [0.2, 0.25) is 0 Å². The van der Waals surface area contributed by atoms with Gasteiger partial charge in [0.25, 0.3) is 0 Å². The van der Waals surface area contributed by atoms with E-state index in [4.69, 9.17) is 5.73 Å². The highest BCUT2D eigenvalue weighted by molar-refractivity contribution is 5.35. The molecule has 1 aliphatic heterocycles. The summed E-state index contributed by atoms with van der Waals surface area (Å²) in [5, 5.41) is 9.82. The van der Waals surface area contributed by atoms with Crippen molar-refractivity contribution >= 4 is 0 Å². The number of nitrogens with zero attached hydrogens (tertiary/aromatic N) is 1. The predicted molar refractivity (Wildman–Crippen MR) is 69.8 cm³/mol. The molecule has 1 saturated heterocycles. The van der Waals surface area contributed by atoms with Gasteiger partial charge in [-0.2, -0.15) is 0 Å². The SMILES string of the molecule is CC(c1cc(F)ccc1O)N1CCC(CN)CC1. The molecule has 1 unspecified atom stereocenters. The third-order valence-corrected chi connectivity index (χ3v) is 3.97. The molecule has 0 spiro atoms. The van der Waals surface area contributed by atoms with E-state index in [1.807, 2.05) is 6.92 Å². The van der Waals surface area contributed by atoms with Crippen LogP contribution in [0.3, 0.4) is 0 Å². The van der Waals surface area contributed by atoms with E-state index in [1.165, 1.54) is 18.2 Å². The number of aromatic hydroxyl groups is 1. The van der Waals surface area contributed by atoms with E-state index in [1.54, 1.807) is 0 Å². The Labute approximate surface area is 107 Å². The second-order valence-electron chi connectivity index (χ2n) is 5.09. The molecule has 1 atom stereocenters. The van der Waals surface area contributed by atoms with E-state index in [-0.39, 0.29) is 17.6 Å². The number of nitrogens with two attached hydrogens (primary N) is 1. The fraction of sp³-hybridized carbons (Fsp3) is 0.571. The molecule has 3 N–H and O–H groups in total. The first kappa shape index (κ1) is 13.3. The van der Waals surface area contributed by atoms with Gasteiger partial charge in [-0.15, -0.1) is 0 Å². The highest BCUT2D eigenvalue weighted by Gasteiger charge is 2.24. The van der Waals surface area contributed by atoms with Crippen LogP contribution < -0.4 is 5.73 Å². The summed E-state index contributed by atoms with van der Waals surface area (Å²) in [4.78, 5) is 2.28. The molecule has 2 rings (SSSR count). The fourth-order valence-corrected chi connectivity index (χ4v) is 2.63. The smallest absolute Gasteiger partial charge is 0.123 e. The van der Waals surface area contributed by atoms with Gasteiger partial charge in [0.2, 0.25) is 0 Å². The number of likely N-dealkylation sites (tertiary alicyclic amines) is 1. The molecule has 1 heterocycles. The average Bonchev–Trinajstić information content (AvgIpc) is 2.41. The Kier molecular flexibility index (Phi) is 4.19. The molecule has 1 aromatic rings. The molecule has 100 valence electrons. The highest BCUT2D eigenvalue weighted by Crippen LogP contribution is 2.31. The molecule has 0 amide bonds. The molecule has 3 nitrogen and oxygen atoms in total. The van der Waals surface area contributed by atoms with Crippen molar-refractivity contribution in [2.75, 3.05) is 19.6 Å². The number of rotatable bonds is 3. The lowest BCUT2D eigenvalue weighted by atomic mass is 9.94. The summed E-state index contributed by atoms with van der Waals surface area (Å²) in [6.45, 7) is 4.67. The van der Waals surface area contributed by atoms with Gasteiger partial charge in [0.1, 0.15) is 11.6 Å². The summed E-state index contributed by atoms with van der Waals surface area (Å²) in [5.74, 6) is 0.478. The third kappa shape index (κ3) is 2.82. The quantitative estimate of drug-likeness (QED) is 0.867. The molecule has 18 heavy (non-hydrogen) atoms. The van der Waals surface area contributed by atoms with Crippen molar-refractivity contribution in [1.29, 1.82) is 0 Å². The Morgan fingerprint density at radius 1 is 1.44 bits per heavy atom. The molecule has 0 saturated carbocycles. The molecule has 0 aliphatic carbocycles. The zero-order chi connectivity index (χ0) is 13.1. The Morgan fingerprint density at radius 3 is 2.72 bits per heavy atom. The summed E-state index contributed by atoms with van der Waals surface area (Å²) in [6.07, 6.45) is 2.16. The first-order chi connectivity index (χ1) is 8.61. The number of hydrogen-bond donors (Lipinski definition) is 2. The zero-order valence-corrected chi connectivity index (χ0v) is 10.8. The van der Waals surface area contributed by atoms with Crippen molar-refractivity contribution in [3.05, 3.63) is 29.6 Å². The third-order valence-electron chi connectivity index (χ3n) is 3.97. The van der Waals surface area contributed by atoms with E-state index in [9.17, 15) is 9.50 Å². The Bertz CT molecular complexity index is 403. The standard InChI is InChI=1S/C14H21FN2O/c1-10(13-8-12(15)2-3-14(13)18)17-6-4-11(9-16)5-7-17/h2-3,8,10-11,18H,4-7,9,16H2,1H3. The van der Waals surface area contributed by atoms with Gasteiger partial charge >= 0.3 is 0 Å². The molecule has 0 aromatic heterocycles. The largest absolute Gasteiger partial charge is 0.508 e. The van der Waals surface area contributed by atoms with Crippen LogP contribution in [-0.2, 0) is 0 Å². The molecule has 0 bridgehead atoms. The van der Waals surface area contributed by atoms with Gasteiger partial charge in [-0.25, -0.2) is 4.39 Å². The van der Waals surface area contributed by atoms with Crippen molar-refractivity contribution in [3.63, 3.8) is 0 Å². The number of benzene rings is 1. The van der Waals surface area contributed by atoms with E-state index in [0.717, 1.165) is 32.5 Å². The highest BCUT2D eigenvalue weighted by atomic mass is 19.1. The Balaban J connectivity index is 2.07. The molecule has 4 heteroatoms. The zero-order valence-electron chi connectivity index (χ0n) is 10.8. The van der Waals surface area contributed by atoms with Gasteiger partial charge < -0.3 is 10.8 Å². The predicted octanol–water partition coefficient (Wildman–Crippen LogP) is 2.26. The van der Waals surface area contributed by atoms with Gasteiger partial charge in [-0.1, -0.05) is 0 Å². The molecular weight excluding hydrogens is 231 g/mol. The van der Waals surface area contributed by atoms with Gasteiger partial charge in [-0.05, 0) is 63.5 Å². The second-order valence-corrected chi connectivity index (χ2v) is 5.09. The number of hydrogen-bond acceptors (Lipinski definition) is 3. The second kappa shape index (κ2) is 5.67. The molecule has 0 radical (unpaired) electrons. The molecule has 1 aromatic carbocycles. The van der Waals surface area contributed by atoms with Crippen LogP contribution in [0.4, 0.5) is 4.39 Å². The fourth-order valence-electron chi connectivity index (χ4n) is 2.63. The Hall–Kier alpha value is -1.13. The van der Waals surface area contributed by atoms with Crippen LogP contribution in [0.5, 0.6) is 5.75 Å². The maximum absolute atomic E-state index is 13.2. The van der Waals surface area contributed by atoms with Crippen LogP contribution >= 0.6 is 0 Å². The van der Waals surface area contributed by atoms with E-state index in [2.05, 4.69) is 4.90 Å². The lowest BCUT2D eigenvalue weighted by Crippen LogP contribution is -2.37. The first-order valence-electron chi connectivity index (χ1n) is 6.54. The molecule has 1 aliphatic rings. The number of halogens is 1. The van der Waals surface area contributed by atoms with Gasteiger partial charge in [0.15, 0.2) is 0 Å². The van der Waals surface area contributed by atoms with E-state index in [0.29, 0.717) is 11.5 Å². The first-order valence-corrected chi connectivity index (χ1v) is 6.54. The monoisotopic (exact) mass is 252 g/mol. The summed E-state index contributed by atoms with van der Waals surface area (Å²) < 4.78 is 13.2. The van der Waals surface area contributed by atoms with Crippen LogP contribution in [0.25, 0.3) is 0 Å². The van der Waals surface area contributed by atoms with Crippen molar-refractivity contribution in [3.8, 4) is 5.75 Å². The maximum atomic E-state index is 13.2. The summed E-state index contributed by atoms with van der Waals surface area (Å²) in [6, 6.07) is 4.18. The summed E-state index contributed by atoms with van der Waals surface area (Å²) >= 11 is 0. The topological polar surface area (TPSA) is 49.5 Å². The molecular formula is C14H21FN2O. The minimum atomic E-state index is -0.300. The number of phenols is 1. The van der Waals surface area contributed by atoms with Crippen molar-refractivity contribution in [1.82, 2.24) is 4.90 Å². The Morgan fingerprint density at radius 2 is 2.11 bits per heavy atom. The maximum Gasteiger partial charge on any atom is 0.123 e. The van der Waals surface area contributed by atoms with Gasteiger partial charge in [0.05, 0.1) is 0 Å². The van der Waals surface area contributed by atoms with Crippen LogP contribution in [0.15, 0.2) is 18.2 Å². The molecule has 1 fully saturated rings. The minimum Gasteiger partial charge on any atom is -0.508 e. The summed E-state index contributed by atoms with van der Waals surface area (Å²) in [5.41, 5.74) is 6.34. The van der Waals surface area contributed by atoms with Crippen LogP contribution in [0, 0.1) is 11.7 Å². The van der Waals surface area contributed by atoms with Gasteiger partial charge in [0, 0.05) is 11.6 Å². The normalized spacial score (nSPS) is 19.9. The summed E-state index contributed by atoms with van der Waals surface area (Å²) in [7, 11) is 0. The van der Waals surface area contributed by atoms with E-state index < -0.39 is 0 Å². The average molecular weight is 252 g/mol. The number of piperidine rings is 1. The lowest BCUT2D eigenvalue weighted by Gasteiger charge is -2.36. The van der Waals surface area contributed by atoms with Crippen LogP contribution in [0.1, 0.15) is 31.4 Å². The van der Waals surface area contributed by atoms with Crippen LogP contribution in [-0.4, -0.2) is 29.6 Å². The van der Waals surface area contributed by atoms with Gasteiger partial charge in [-0.3, -0.25) is 4.90 Å². The minimum absolute atomic E-state index is 0.0411. The number of phenolic OH excluding ortho intramolecular Hbond substituents is 1. The van der Waals surface area contributed by atoms with E-state index >= 15 is 0 Å². The van der Waals surface area contributed by atoms with Crippen molar-refractivity contribution in [2.45, 2.75) is 25.8 Å².